The number of likely N-dealkylation sites (tertiary alicyclic amines) is 1. The lowest BCUT2D eigenvalue weighted by Crippen LogP contribution is -2.40. The predicted molar refractivity (Wildman–Crippen MR) is 58.3 cm³/mol. The Balaban J connectivity index is 1.57. The van der Waals surface area contributed by atoms with E-state index in [4.69, 9.17) is 0 Å². The van der Waals surface area contributed by atoms with Gasteiger partial charge in [0.2, 0.25) is 0 Å². The van der Waals surface area contributed by atoms with E-state index >= 15 is 0 Å². The lowest BCUT2D eigenvalue weighted by Gasteiger charge is -2.26. The van der Waals surface area contributed by atoms with Crippen molar-refractivity contribution >= 4 is 0 Å². The number of fused-ring (bicyclic) bond motifs is 1. The summed E-state index contributed by atoms with van der Waals surface area (Å²) in [6, 6.07) is 1.78. The smallest absolute Gasteiger partial charge is 0.0195 e. The molecule has 2 aliphatic heterocycles. The van der Waals surface area contributed by atoms with Crippen molar-refractivity contribution in [2.75, 3.05) is 19.6 Å². The van der Waals surface area contributed by atoms with Crippen molar-refractivity contribution in [2.24, 2.45) is 5.92 Å². The van der Waals surface area contributed by atoms with Crippen LogP contribution in [0, 0.1) is 5.92 Å². The Bertz CT molecular complexity index is 198. The van der Waals surface area contributed by atoms with Crippen LogP contribution >= 0.6 is 0 Å². The number of hydrogen-bond acceptors (Lipinski definition) is 2. The fourth-order valence-electron chi connectivity index (χ4n) is 3.75. The van der Waals surface area contributed by atoms with Crippen molar-refractivity contribution in [2.45, 2.75) is 50.6 Å². The number of hydrogen-bond donors (Lipinski definition) is 1. The monoisotopic (exact) mass is 194 g/mol. The van der Waals surface area contributed by atoms with Crippen LogP contribution in [0.5, 0.6) is 0 Å². The molecule has 1 aliphatic carbocycles. The van der Waals surface area contributed by atoms with E-state index in [-0.39, 0.29) is 0 Å². The lowest BCUT2D eigenvalue weighted by molar-refractivity contribution is 0.221. The minimum atomic E-state index is 0.814. The van der Waals surface area contributed by atoms with Gasteiger partial charge in [0, 0.05) is 18.6 Å². The minimum absolute atomic E-state index is 0.814. The Labute approximate surface area is 87.0 Å². The minimum Gasteiger partial charge on any atom is -0.313 e. The van der Waals surface area contributed by atoms with Crippen LogP contribution in [0.25, 0.3) is 0 Å². The maximum atomic E-state index is 3.62. The number of nitrogens with zero attached hydrogens (tertiary/aromatic N) is 1. The van der Waals surface area contributed by atoms with Gasteiger partial charge in [0.25, 0.3) is 0 Å². The molecular formula is C12H22N2. The normalized spacial score (nSPS) is 43.3. The molecule has 3 rings (SSSR count). The zero-order valence-electron chi connectivity index (χ0n) is 9.04. The molecule has 3 aliphatic rings. The highest BCUT2D eigenvalue weighted by atomic mass is 15.2. The summed E-state index contributed by atoms with van der Waals surface area (Å²) in [5.74, 6) is 1.07. The van der Waals surface area contributed by atoms with Crippen LogP contribution in [0.3, 0.4) is 0 Å². The second-order valence-corrected chi connectivity index (χ2v) is 5.34. The van der Waals surface area contributed by atoms with E-state index in [0.29, 0.717) is 0 Å². The molecule has 0 aromatic heterocycles. The molecule has 1 saturated carbocycles. The lowest BCUT2D eigenvalue weighted by atomic mass is 10.0. The predicted octanol–water partition coefficient (Wildman–Crippen LogP) is 1.61. The van der Waals surface area contributed by atoms with Gasteiger partial charge in [-0.1, -0.05) is 6.42 Å². The maximum absolute atomic E-state index is 3.62. The standard InChI is InChI=1S/C12H22N2/c1-3-10-6-8-14(12(10)5-1)9-11-4-2-7-13-11/h10-13H,1-9H2. The van der Waals surface area contributed by atoms with Crippen molar-refractivity contribution in [1.29, 1.82) is 0 Å². The Morgan fingerprint density at radius 2 is 2.07 bits per heavy atom. The molecule has 3 unspecified atom stereocenters. The van der Waals surface area contributed by atoms with Crippen molar-refractivity contribution in [3.05, 3.63) is 0 Å². The third-order valence-corrected chi connectivity index (χ3v) is 4.49. The average Bonchev–Trinajstić information content (AvgIpc) is 2.85. The summed E-state index contributed by atoms with van der Waals surface area (Å²) in [5, 5.41) is 3.62. The molecule has 2 heterocycles. The summed E-state index contributed by atoms with van der Waals surface area (Å²) in [4.78, 5) is 2.78. The fourth-order valence-corrected chi connectivity index (χ4v) is 3.75. The molecule has 0 radical (unpaired) electrons. The fraction of sp³-hybridized carbons (Fsp3) is 1.00. The van der Waals surface area contributed by atoms with Crippen LogP contribution in [0.4, 0.5) is 0 Å². The molecule has 14 heavy (non-hydrogen) atoms. The zero-order valence-corrected chi connectivity index (χ0v) is 9.04. The van der Waals surface area contributed by atoms with Crippen LogP contribution in [0.1, 0.15) is 38.5 Å². The van der Waals surface area contributed by atoms with Crippen molar-refractivity contribution in [1.82, 2.24) is 10.2 Å². The first-order valence-corrected chi connectivity index (χ1v) is 6.41. The largest absolute Gasteiger partial charge is 0.313 e. The van der Waals surface area contributed by atoms with Crippen LogP contribution in [-0.4, -0.2) is 36.6 Å². The molecule has 2 saturated heterocycles. The van der Waals surface area contributed by atoms with E-state index in [2.05, 4.69) is 10.2 Å². The molecule has 3 fully saturated rings. The van der Waals surface area contributed by atoms with Gasteiger partial charge in [0.15, 0.2) is 0 Å². The van der Waals surface area contributed by atoms with Crippen molar-refractivity contribution in [3.63, 3.8) is 0 Å². The second kappa shape index (κ2) is 3.82. The van der Waals surface area contributed by atoms with Gasteiger partial charge in [-0.05, 0) is 51.1 Å². The van der Waals surface area contributed by atoms with Crippen LogP contribution < -0.4 is 5.32 Å². The Morgan fingerprint density at radius 1 is 1.07 bits per heavy atom. The highest BCUT2D eigenvalue weighted by molar-refractivity contribution is 4.93. The molecule has 0 spiro atoms. The van der Waals surface area contributed by atoms with Gasteiger partial charge in [0.05, 0.1) is 0 Å². The van der Waals surface area contributed by atoms with Crippen LogP contribution in [0.15, 0.2) is 0 Å². The van der Waals surface area contributed by atoms with Gasteiger partial charge < -0.3 is 5.32 Å². The highest BCUT2D eigenvalue weighted by Gasteiger charge is 2.38. The Hall–Kier alpha value is -0.0800. The summed E-state index contributed by atoms with van der Waals surface area (Å²) >= 11 is 0. The summed E-state index contributed by atoms with van der Waals surface area (Å²) in [5.41, 5.74) is 0. The Kier molecular flexibility index (Phi) is 2.50. The van der Waals surface area contributed by atoms with E-state index in [1.807, 2.05) is 0 Å². The van der Waals surface area contributed by atoms with Gasteiger partial charge in [-0.15, -0.1) is 0 Å². The van der Waals surface area contributed by atoms with E-state index in [1.165, 1.54) is 58.2 Å². The number of rotatable bonds is 2. The highest BCUT2D eigenvalue weighted by Crippen LogP contribution is 2.37. The van der Waals surface area contributed by atoms with E-state index in [1.54, 1.807) is 0 Å². The summed E-state index contributed by atoms with van der Waals surface area (Å²) in [7, 11) is 0. The number of nitrogens with one attached hydrogen (secondary N) is 1. The molecule has 3 atom stereocenters. The molecule has 0 aromatic rings. The zero-order chi connectivity index (χ0) is 9.38. The summed E-state index contributed by atoms with van der Waals surface area (Å²) in [6.45, 7) is 3.97. The van der Waals surface area contributed by atoms with Gasteiger partial charge in [-0.25, -0.2) is 0 Å². The maximum Gasteiger partial charge on any atom is 0.0195 e. The summed E-state index contributed by atoms with van der Waals surface area (Å²) < 4.78 is 0. The van der Waals surface area contributed by atoms with Gasteiger partial charge in [-0.3, -0.25) is 4.90 Å². The SMILES string of the molecule is C1CNC(CN2CCC3CCCC32)C1. The molecule has 0 bridgehead atoms. The third kappa shape index (κ3) is 1.59. The van der Waals surface area contributed by atoms with E-state index in [0.717, 1.165) is 18.0 Å². The Morgan fingerprint density at radius 3 is 2.93 bits per heavy atom. The topological polar surface area (TPSA) is 15.3 Å². The molecule has 0 aromatic carbocycles. The van der Waals surface area contributed by atoms with Gasteiger partial charge in [-0.2, -0.15) is 0 Å². The van der Waals surface area contributed by atoms with Crippen molar-refractivity contribution in [3.8, 4) is 0 Å². The first-order valence-electron chi connectivity index (χ1n) is 6.41. The van der Waals surface area contributed by atoms with Gasteiger partial charge >= 0.3 is 0 Å². The molecule has 2 heteroatoms. The average molecular weight is 194 g/mol. The van der Waals surface area contributed by atoms with Gasteiger partial charge in [0.1, 0.15) is 0 Å². The van der Waals surface area contributed by atoms with E-state index < -0.39 is 0 Å². The first kappa shape index (κ1) is 9.17. The van der Waals surface area contributed by atoms with Crippen molar-refractivity contribution < 1.29 is 0 Å². The third-order valence-electron chi connectivity index (χ3n) is 4.49. The molecule has 80 valence electrons. The summed E-state index contributed by atoms with van der Waals surface area (Å²) in [6.07, 6.45) is 8.78. The molecule has 2 nitrogen and oxygen atoms in total. The van der Waals surface area contributed by atoms with Crippen LogP contribution in [-0.2, 0) is 0 Å². The first-order chi connectivity index (χ1) is 6.93. The molecule has 1 N–H and O–H groups in total. The molecule has 0 amide bonds. The molecular weight excluding hydrogens is 172 g/mol. The van der Waals surface area contributed by atoms with Crippen LogP contribution in [0.2, 0.25) is 0 Å². The van der Waals surface area contributed by atoms with E-state index in [9.17, 15) is 0 Å². The quantitative estimate of drug-likeness (QED) is 0.718. The second-order valence-electron chi connectivity index (χ2n) is 5.34.